The van der Waals surface area contributed by atoms with Crippen LogP contribution in [-0.2, 0) is 0 Å². The van der Waals surface area contributed by atoms with E-state index >= 15 is 0 Å². The first-order valence-corrected chi connectivity index (χ1v) is 3.55. The average Bonchev–Trinajstić information content (AvgIpc) is 1.54. The summed E-state index contributed by atoms with van der Waals surface area (Å²) in [5, 5.41) is 0. The van der Waals surface area contributed by atoms with Crippen molar-refractivity contribution in [2.45, 2.75) is 27.2 Å². The fraction of sp³-hybridized carbons (Fsp3) is 0.556. The molecule has 0 N–H and O–H groups in total. The van der Waals surface area contributed by atoms with Gasteiger partial charge in [0.1, 0.15) is 5.83 Å². The van der Waals surface area contributed by atoms with Crippen LogP contribution in [0.15, 0.2) is 23.6 Å². The molecule has 0 atom stereocenters. The Morgan fingerprint density at radius 1 is 1.50 bits per heavy atom. The Kier molecular flexibility index (Phi) is 1.67. The first-order valence-electron chi connectivity index (χ1n) is 3.55. The van der Waals surface area contributed by atoms with Crippen molar-refractivity contribution in [2.75, 3.05) is 0 Å². The van der Waals surface area contributed by atoms with E-state index in [9.17, 15) is 4.39 Å². The maximum Gasteiger partial charge on any atom is 0.119 e. The van der Waals surface area contributed by atoms with E-state index in [-0.39, 0.29) is 11.2 Å². The van der Waals surface area contributed by atoms with Crippen molar-refractivity contribution < 1.29 is 4.39 Å². The van der Waals surface area contributed by atoms with Crippen LogP contribution in [0.5, 0.6) is 0 Å². The smallest absolute Gasteiger partial charge is 0.119 e. The Balaban J connectivity index is 2.88. The van der Waals surface area contributed by atoms with Gasteiger partial charge in [-0.25, -0.2) is 4.39 Å². The van der Waals surface area contributed by atoms with Crippen molar-refractivity contribution in [2.24, 2.45) is 5.41 Å². The van der Waals surface area contributed by atoms with Gasteiger partial charge in [0.2, 0.25) is 0 Å². The minimum absolute atomic E-state index is 0.0168. The van der Waals surface area contributed by atoms with Crippen LogP contribution >= 0.6 is 0 Å². The molecule has 0 nitrogen and oxygen atoms in total. The molecule has 56 valence electrons. The highest BCUT2D eigenvalue weighted by Crippen LogP contribution is 2.32. The molecule has 0 spiro atoms. The van der Waals surface area contributed by atoms with E-state index in [0.29, 0.717) is 0 Å². The summed E-state index contributed by atoms with van der Waals surface area (Å²) in [5.74, 6) is -0.0891. The van der Waals surface area contributed by atoms with Gasteiger partial charge >= 0.3 is 0 Å². The Morgan fingerprint density at radius 3 is 2.50 bits per heavy atom. The van der Waals surface area contributed by atoms with Crippen LogP contribution in [0.2, 0.25) is 0 Å². The van der Waals surface area contributed by atoms with Gasteiger partial charge in [0.05, 0.1) is 0 Å². The predicted molar refractivity (Wildman–Crippen MR) is 41.3 cm³/mol. The van der Waals surface area contributed by atoms with Crippen molar-refractivity contribution in [3.63, 3.8) is 0 Å². The van der Waals surface area contributed by atoms with E-state index in [1.807, 2.05) is 20.8 Å². The Hall–Kier alpha value is -0.590. The molecule has 0 radical (unpaired) electrons. The lowest BCUT2D eigenvalue weighted by Gasteiger charge is -2.23. The molecule has 0 bridgehead atoms. The van der Waals surface area contributed by atoms with E-state index in [0.717, 1.165) is 12.0 Å². The maximum absolute atomic E-state index is 12.7. The largest absolute Gasteiger partial charge is 0.207 e. The molecule has 10 heavy (non-hydrogen) atoms. The molecule has 1 aliphatic rings. The summed E-state index contributed by atoms with van der Waals surface area (Å²) < 4.78 is 12.7. The SMILES string of the molecule is CC1=CC(F)=CC(C)(C)C1. The third-order valence-corrected chi connectivity index (χ3v) is 1.65. The highest BCUT2D eigenvalue weighted by Gasteiger charge is 2.19. The van der Waals surface area contributed by atoms with E-state index in [4.69, 9.17) is 0 Å². The molecule has 0 amide bonds. The summed E-state index contributed by atoms with van der Waals surface area (Å²) in [6.07, 6.45) is 4.26. The summed E-state index contributed by atoms with van der Waals surface area (Å²) in [7, 11) is 0. The second-order valence-electron chi connectivity index (χ2n) is 3.69. The summed E-state index contributed by atoms with van der Waals surface area (Å²) >= 11 is 0. The average molecular weight is 140 g/mol. The number of hydrogen-bond acceptors (Lipinski definition) is 0. The van der Waals surface area contributed by atoms with Gasteiger partial charge in [-0.2, -0.15) is 0 Å². The molecule has 0 heterocycles. The Labute approximate surface area is 61.4 Å². The second kappa shape index (κ2) is 2.22. The lowest BCUT2D eigenvalue weighted by molar-refractivity contribution is 0.448. The van der Waals surface area contributed by atoms with Crippen LogP contribution in [0.25, 0.3) is 0 Å². The first kappa shape index (κ1) is 7.52. The quantitative estimate of drug-likeness (QED) is 0.484. The summed E-state index contributed by atoms with van der Waals surface area (Å²) in [5.41, 5.74) is 1.15. The molecule has 0 aromatic carbocycles. The second-order valence-corrected chi connectivity index (χ2v) is 3.69. The molecule has 0 saturated carbocycles. The van der Waals surface area contributed by atoms with E-state index in [1.165, 1.54) is 0 Å². The van der Waals surface area contributed by atoms with Crippen molar-refractivity contribution in [1.29, 1.82) is 0 Å². The molecular formula is C9H13F. The minimum Gasteiger partial charge on any atom is -0.207 e. The predicted octanol–water partition coefficient (Wildman–Crippen LogP) is 3.22. The molecule has 0 saturated heterocycles. The molecule has 0 aromatic rings. The van der Waals surface area contributed by atoms with Crippen molar-refractivity contribution in [3.8, 4) is 0 Å². The zero-order chi connectivity index (χ0) is 7.78. The zero-order valence-electron chi connectivity index (χ0n) is 6.74. The molecular weight excluding hydrogens is 127 g/mol. The van der Waals surface area contributed by atoms with Gasteiger partial charge in [-0.3, -0.25) is 0 Å². The van der Waals surface area contributed by atoms with Gasteiger partial charge in [0.15, 0.2) is 0 Å². The van der Waals surface area contributed by atoms with Crippen LogP contribution in [0, 0.1) is 5.41 Å². The third kappa shape index (κ3) is 1.69. The summed E-state index contributed by atoms with van der Waals surface area (Å²) in [4.78, 5) is 0. The normalized spacial score (nSPS) is 23.6. The van der Waals surface area contributed by atoms with E-state index in [1.54, 1.807) is 12.2 Å². The molecule has 0 aromatic heterocycles. The first-order chi connectivity index (χ1) is 4.49. The molecule has 0 fully saturated rings. The van der Waals surface area contributed by atoms with Gasteiger partial charge in [-0.05, 0) is 30.9 Å². The monoisotopic (exact) mass is 140 g/mol. The minimum atomic E-state index is -0.0891. The van der Waals surface area contributed by atoms with Crippen molar-refractivity contribution in [1.82, 2.24) is 0 Å². The molecule has 0 unspecified atom stereocenters. The van der Waals surface area contributed by atoms with Crippen LogP contribution in [0.4, 0.5) is 4.39 Å². The fourth-order valence-electron chi connectivity index (χ4n) is 1.47. The van der Waals surface area contributed by atoms with E-state index < -0.39 is 0 Å². The molecule has 1 aliphatic carbocycles. The number of halogens is 1. The molecule has 0 aliphatic heterocycles. The van der Waals surface area contributed by atoms with Gasteiger partial charge in [0, 0.05) is 0 Å². The Bertz CT molecular complexity index is 197. The fourth-order valence-corrected chi connectivity index (χ4v) is 1.47. The molecule has 1 heteroatoms. The summed E-state index contributed by atoms with van der Waals surface area (Å²) in [6.45, 7) is 6.06. The lowest BCUT2D eigenvalue weighted by atomic mass is 9.82. The molecule has 1 rings (SSSR count). The highest BCUT2D eigenvalue weighted by molar-refractivity contribution is 5.25. The van der Waals surface area contributed by atoms with Gasteiger partial charge in [0.25, 0.3) is 0 Å². The maximum atomic E-state index is 12.7. The van der Waals surface area contributed by atoms with Crippen molar-refractivity contribution >= 4 is 0 Å². The number of hydrogen-bond donors (Lipinski definition) is 0. The Morgan fingerprint density at radius 2 is 2.10 bits per heavy atom. The van der Waals surface area contributed by atoms with Crippen LogP contribution in [0.1, 0.15) is 27.2 Å². The van der Waals surface area contributed by atoms with Crippen LogP contribution in [-0.4, -0.2) is 0 Å². The summed E-state index contributed by atoms with van der Waals surface area (Å²) in [6, 6.07) is 0. The lowest BCUT2D eigenvalue weighted by Crippen LogP contribution is -2.11. The zero-order valence-corrected chi connectivity index (χ0v) is 6.74. The van der Waals surface area contributed by atoms with Gasteiger partial charge < -0.3 is 0 Å². The van der Waals surface area contributed by atoms with Gasteiger partial charge in [-0.1, -0.05) is 19.4 Å². The number of allylic oxidation sites excluding steroid dienone is 4. The van der Waals surface area contributed by atoms with Crippen molar-refractivity contribution in [3.05, 3.63) is 23.6 Å². The van der Waals surface area contributed by atoms with Crippen LogP contribution in [0.3, 0.4) is 0 Å². The van der Waals surface area contributed by atoms with Gasteiger partial charge in [-0.15, -0.1) is 0 Å². The van der Waals surface area contributed by atoms with Crippen LogP contribution < -0.4 is 0 Å². The van der Waals surface area contributed by atoms with E-state index in [2.05, 4.69) is 0 Å². The highest BCUT2D eigenvalue weighted by atomic mass is 19.1. The number of rotatable bonds is 0. The topological polar surface area (TPSA) is 0 Å². The third-order valence-electron chi connectivity index (χ3n) is 1.65. The standard InChI is InChI=1S/C9H13F/c1-7-4-8(10)6-9(2,3)5-7/h4,6H,5H2,1-3H3.